The van der Waals surface area contributed by atoms with E-state index >= 15 is 0 Å². The number of halogens is 3. The van der Waals surface area contributed by atoms with E-state index in [0.717, 1.165) is 10.0 Å². The fourth-order valence-electron chi connectivity index (χ4n) is 3.95. The largest absolute Gasteiger partial charge is 0.436 e. The minimum Gasteiger partial charge on any atom is -0.436 e. The summed E-state index contributed by atoms with van der Waals surface area (Å²) in [7, 11) is 0. The summed E-state index contributed by atoms with van der Waals surface area (Å²) >= 11 is 3.41. The van der Waals surface area contributed by atoms with Gasteiger partial charge in [0.15, 0.2) is 12.0 Å². The number of ether oxygens (including phenoxy) is 1. The molecule has 1 aliphatic heterocycles. The van der Waals surface area contributed by atoms with Crippen LogP contribution in [0.25, 0.3) is 22.7 Å². The second kappa shape index (κ2) is 9.59. The van der Waals surface area contributed by atoms with Crippen molar-refractivity contribution in [3.63, 3.8) is 0 Å². The minimum absolute atomic E-state index is 0.147. The topological polar surface area (TPSA) is 81.6 Å². The first-order valence-electron chi connectivity index (χ1n) is 10.9. The lowest BCUT2D eigenvalue weighted by Gasteiger charge is -2.22. The first-order chi connectivity index (χ1) is 16.9. The number of nitrogens with two attached hydrogens (primary N) is 1. The van der Waals surface area contributed by atoms with Gasteiger partial charge in [-0.25, -0.2) is 13.8 Å². The lowest BCUT2D eigenvalue weighted by Crippen LogP contribution is -2.31. The van der Waals surface area contributed by atoms with E-state index in [1.54, 1.807) is 24.3 Å². The summed E-state index contributed by atoms with van der Waals surface area (Å²) in [5.41, 5.74) is 8.17. The highest BCUT2D eigenvalue weighted by Crippen LogP contribution is 2.38. The number of amides is 1. The van der Waals surface area contributed by atoms with Crippen molar-refractivity contribution in [3.8, 4) is 22.7 Å². The van der Waals surface area contributed by atoms with Gasteiger partial charge in [0.2, 0.25) is 5.89 Å². The van der Waals surface area contributed by atoms with E-state index in [2.05, 4.69) is 20.9 Å². The van der Waals surface area contributed by atoms with Gasteiger partial charge in [0.1, 0.15) is 23.9 Å². The van der Waals surface area contributed by atoms with Crippen molar-refractivity contribution in [1.82, 2.24) is 9.88 Å². The fourth-order valence-corrected chi connectivity index (χ4v) is 4.21. The van der Waals surface area contributed by atoms with E-state index in [1.165, 1.54) is 23.1 Å². The van der Waals surface area contributed by atoms with Crippen molar-refractivity contribution in [1.29, 1.82) is 0 Å². The predicted octanol–water partition coefficient (Wildman–Crippen LogP) is 5.73. The highest BCUT2D eigenvalue weighted by atomic mass is 79.9. The number of oxazole rings is 1. The van der Waals surface area contributed by atoms with Gasteiger partial charge in [-0.15, -0.1) is 0 Å². The van der Waals surface area contributed by atoms with Crippen molar-refractivity contribution >= 4 is 27.5 Å². The van der Waals surface area contributed by atoms with E-state index in [4.69, 9.17) is 14.9 Å². The van der Waals surface area contributed by atoms with E-state index in [1.807, 2.05) is 24.3 Å². The number of carbonyl (C=O) groups excluding carboxylic acids is 1. The lowest BCUT2D eigenvalue weighted by molar-refractivity contribution is -0.128. The summed E-state index contributed by atoms with van der Waals surface area (Å²) < 4.78 is 40.7. The van der Waals surface area contributed by atoms with Crippen molar-refractivity contribution in [2.75, 3.05) is 18.9 Å². The molecule has 0 bridgehead atoms. The third-order valence-electron chi connectivity index (χ3n) is 5.75. The molecule has 0 aliphatic carbocycles. The standard InChI is InChI=1S/C26H20BrF2N3O3/c27-18-6-1-17(2-7-18)25-31-23(16-3-8-19(28)9-4-16)24(35-25)26-32(22(33)14-34-26)12-11-15-5-10-20(30)13-21(15)29/h1-10,13,26H,11-12,14,30H2/t26-/m1/s1. The monoisotopic (exact) mass is 539 g/mol. The molecule has 4 aromatic rings. The normalized spacial score (nSPS) is 15.7. The number of benzene rings is 3. The molecule has 0 unspecified atom stereocenters. The zero-order chi connectivity index (χ0) is 24.5. The number of hydrogen-bond acceptors (Lipinski definition) is 5. The zero-order valence-electron chi connectivity index (χ0n) is 18.4. The van der Waals surface area contributed by atoms with Crippen molar-refractivity contribution in [2.45, 2.75) is 12.6 Å². The number of hydrogen-bond donors (Lipinski definition) is 1. The van der Waals surface area contributed by atoms with E-state index < -0.39 is 12.0 Å². The van der Waals surface area contributed by atoms with Gasteiger partial charge in [0.05, 0.1) is 0 Å². The zero-order valence-corrected chi connectivity index (χ0v) is 20.0. The highest BCUT2D eigenvalue weighted by molar-refractivity contribution is 9.10. The Bertz CT molecular complexity index is 1370. The first kappa shape index (κ1) is 23.2. The van der Waals surface area contributed by atoms with Crippen LogP contribution in [0, 0.1) is 11.6 Å². The van der Waals surface area contributed by atoms with Crippen LogP contribution in [0.15, 0.2) is 75.6 Å². The average Bonchev–Trinajstić information content (AvgIpc) is 3.43. The van der Waals surface area contributed by atoms with Crippen LogP contribution < -0.4 is 5.73 Å². The van der Waals surface area contributed by atoms with Crippen molar-refractivity contribution in [3.05, 3.63) is 94.2 Å². The number of carbonyl (C=O) groups is 1. The molecule has 1 aliphatic rings. The van der Waals surface area contributed by atoms with Gasteiger partial charge in [0, 0.05) is 27.8 Å². The number of aromatic nitrogens is 1. The van der Waals surface area contributed by atoms with Gasteiger partial charge in [-0.1, -0.05) is 22.0 Å². The molecule has 178 valence electrons. The van der Waals surface area contributed by atoms with Crippen LogP contribution in [0.2, 0.25) is 0 Å². The molecule has 5 rings (SSSR count). The van der Waals surface area contributed by atoms with Crippen LogP contribution in [-0.4, -0.2) is 28.9 Å². The number of anilines is 1. The molecule has 35 heavy (non-hydrogen) atoms. The average molecular weight is 540 g/mol. The summed E-state index contributed by atoms with van der Waals surface area (Å²) in [6, 6.07) is 17.7. The van der Waals surface area contributed by atoms with E-state index in [9.17, 15) is 13.6 Å². The summed E-state index contributed by atoms with van der Waals surface area (Å²) in [6.45, 7) is 0.0492. The van der Waals surface area contributed by atoms with Crippen LogP contribution in [0.4, 0.5) is 14.5 Å². The molecular formula is C26H20BrF2N3O3. The highest BCUT2D eigenvalue weighted by Gasteiger charge is 2.38. The van der Waals surface area contributed by atoms with E-state index in [-0.39, 0.29) is 31.3 Å². The first-order valence-corrected chi connectivity index (χ1v) is 11.7. The van der Waals surface area contributed by atoms with Gasteiger partial charge in [-0.3, -0.25) is 4.79 Å². The van der Waals surface area contributed by atoms with Gasteiger partial charge in [-0.2, -0.15) is 0 Å². The smallest absolute Gasteiger partial charge is 0.251 e. The van der Waals surface area contributed by atoms with Crippen LogP contribution >= 0.6 is 15.9 Å². The van der Waals surface area contributed by atoms with Gasteiger partial charge < -0.3 is 19.8 Å². The summed E-state index contributed by atoms with van der Waals surface area (Å²) in [5.74, 6) is -0.417. The number of nitrogens with zero attached hydrogens (tertiary/aromatic N) is 2. The summed E-state index contributed by atoms with van der Waals surface area (Å²) in [5, 5.41) is 0. The van der Waals surface area contributed by atoms with Crippen molar-refractivity contribution in [2.24, 2.45) is 0 Å². The predicted molar refractivity (Wildman–Crippen MR) is 130 cm³/mol. The van der Waals surface area contributed by atoms with Crippen LogP contribution in [-0.2, 0) is 16.0 Å². The molecule has 1 amide bonds. The quantitative estimate of drug-likeness (QED) is 0.316. The molecule has 2 N–H and O–H groups in total. The Morgan fingerprint density at radius 3 is 2.46 bits per heavy atom. The summed E-state index contributed by atoms with van der Waals surface area (Å²) in [4.78, 5) is 18.9. The second-order valence-corrected chi connectivity index (χ2v) is 9.01. The SMILES string of the molecule is Nc1ccc(CCN2C(=O)CO[C@@H]2c2oc(-c3ccc(Br)cc3)nc2-c2ccc(F)cc2)c(F)c1. The van der Waals surface area contributed by atoms with Gasteiger partial charge in [0.25, 0.3) is 5.91 Å². The molecule has 6 nitrogen and oxygen atoms in total. The van der Waals surface area contributed by atoms with Gasteiger partial charge >= 0.3 is 0 Å². The molecule has 0 radical (unpaired) electrons. The van der Waals surface area contributed by atoms with Crippen LogP contribution in [0.5, 0.6) is 0 Å². The van der Waals surface area contributed by atoms with E-state index in [0.29, 0.717) is 34.2 Å². The number of rotatable bonds is 6. The second-order valence-electron chi connectivity index (χ2n) is 8.10. The Morgan fingerprint density at radius 1 is 1.03 bits per heavy atom. The Labute approximate surface area is 208 Å². The molecule has 1 atom stereocenters. The molecule has 1 fully saturated rings. The Morgan fingerprint density at radius 2 is 1.74 bits per heavy atom. The molecule has 1 saturated heterocycles. The molecule has 9 heteroatoms. The maximum absolute atomic E-state index is 14.3. The molecule has 3 aromatic carbocycles. The lowest BCUT2D eigenvalue weighted by atomic mass is 10.1. The maximum atomic E-state index is 14.3. The fraction of sp³-hybridized carbons (Fsp3) is 0.154. The summed E-state index contributed by atoms with van der Waals surface area (Å²) in [6.07, 6.45) is -0.604. The van der Waals surface area contributed by atoms with Gasteiger partial charge in [-0.05, 0) is 72.6 Å². The van der Waals surface area contributed by atoms with Crippen LogP contribution in [0.1, 0.15) is 17.6 Å². The molecule has 0 spiro atoms. The maximum Gasteiger partial charge on any atom is 0.251 e. The third-order valence-corrected chi connectivity index (χ3v) is 6.28. The molecule has 1 aromatic heterocycles. The third kappa shape index (κ3) is 4.82. The Balaban J connectivity index is 1.51. The number of nitrogen functional groups attached to an aromatic ring is 1. The molecular weight excluding hydrogens is 520 g/mol. The minimum atomic E-state index is -0.865. The van der Waals surface area contributed by atoms with Crippen LogP contribution in [0.3, 0.4) is 0 Å². The molecule has 0 saturated carbocycles. The molecule has 2 heterocycles. The Hall–Kier alpha value is -3.56. The van der Waals surface area contributed by atoms with Crippen molar-refractivity contribution < 1.29 is 22.7 Å². The Kier molecular flexibility index (Phi) is 6.36.